The first-order valence-electron chi connectivity index (χ1n) is 10.4. The number of benzene rings is 1. The number of hydrogen-bond acceptors (Lipinski definition) is 4. The van der Waals surface area contributed by atoms with Crippen LogP contribution in [0, 0.1) is 5.92 Å². The van der Waals surface area contributed by atoms with Crippen molar-refractivity contribution in [3.05, 3.63) is 45.4 Å². The number of piperidine rings is 1. The molecule has 1 aromatic carbocycles. The average Bonchev–Trinajstić information content (AvgIpc) is 2.72. The van der Waals surface area contributed by atoms with Crippen LogP contribution < -0.4 is 15.5 Å². The average molecular weight is 478 g/mol. The van der Waals surface area contributed by atoms with Crippen molar-refractivity contribution in [2.75, 3.05) is 35.2 Å². The van der Waals surface area contributed by atoms with Gasteiger partial charge < -0.3 is 15.5 Å². The Labute approximate surface area is 185 Å². The highest BCUT2D eigenvalue weighted by atomic mass is 79.9. The molecule has 1 saturated heterocycles. The van der Waals surface area contributed by atoms with Crippen molar-refractivity contribution in [1.82, 2.24) is 4.98 Å². The lowest BCUT2D eigenvalue weighted by Gasteiger charge is -2.35. The summed E-state index contributed by atoms with van der Waals surface area (Å²) in [4.78, 5) is 20.0. The van der Waals surface area contributed by atoms with Crippen LogP contribution in [0.4, 0.5) is 17.3 Å². The van der Waals surface area contributed by atoms with E-state index < -0.39 is 0 Å². The largest absolute Gasteiger partial charge is 0.371 e. The topological polar surface area (TPSA) is 57.3 Å². The van der Waals surface area contributed by atoms with Crippen molar-refractivity contribution < 1.29 is 4.79 Å². The van der Waals surface area contributed by atoms with Gasteiger partial charge >= 0.3 is 0 Å². The minimum Gasteiger partial charge on any atom is -0.371 e. The predicted octanol–water partition coefficient (Wildman–Crippen LogP) is 5.95. The molecule has 4 rings (SSSR count). The number of fused-ring (bicyclic) bond motifs is 6. The number of halogens is 2. The highest BCUT2D eigenvalue weighted by molar-refractivity contribution is 9.10. The van der Waals surface area contributed by atoms with Gasteiger partial charge in [0, 0.05) is 24.7 Å². The molecule has 7 heteroatoms. The molecule has 1 fully saturated rings. The summed E-state index contributed by atoms with van der Waals surface area (Å²) < 4.78 is 0.893. The van der Waals surface area contributed by atoms with E-state index >= 15 is 0 Å². The first-order valence-corrected chi connectivity index (χ1v) is 11.5. The van der Waals surface area contributed by atoms with Crippen LogP contribution in [0.15, 0.2) is 34.8 Å². The van der Waals surface area contributed by atoms with Gasteiger partial charge in [0.15, 0.2) is 0 Å². The number of carbonyl (C=O) groups excluding carboxylic acids is 1. The van der Waals surface area contributed by atoms with Crippen LogP contribution in [0.2, 0.25) is 5.02 Å². The van der Waals surface area contributed by atoms with E-state index in [-0.39, 0.29) is 5.91 Å². The molecule has 2 aliphatic heterocycles. The third-order valence-electron chi connectivity index (χ3n) is 5.73. The Morgan fingerprint density at radius 2 is 1.97 bits per heavy atom. The van der Waals surface area contributed by atoms with E-state index in [0.717, 1.165) is 48.5 Å². The Kier molecular flexibility index (Phi) is 6.60. The van der Waals surface area contributed by atoms with Gasteiger partial charge in [-0.1, -0.05) is 24.4 Å². The number of aromatic nitrogens is 1. The molecular weight excluding hydrogens is 452 g/mol. The minimum atomic E-state index is -0.161. The van der Waals surface area contributed by atoms with Crippen molar-refractivity contribution >= 4 is 50.8 Å². The molecule has 1 atom stereocenters. The van der Waals surface area contributed by atoms with E-state index in [2.05, 4.69) is 36.4 Å². The number of rotatable bonds is 0. The molecule has 4 bridgehead atoms. The summed E-state index contributed by atoms with van der Waals surface area (Å²) in [5.74, 6) is 1.80. The first kappa shape index (κ1) is 20.5. The normalized spacial score (nSPS) is 20.4. The van der Waals surface area contributed by atoms with Gasteiger partial charge in [-0.2, -0.15) is 0 Å². The maximum Gasteiger partial charge on any atom is 0.258 e. The number of hydrogen-bond donors (Lipinski definition) is 2. The van der Waals surface area contributed by atoms with E-state index in [1.807, 2.05) is 24.3 Å². The molecule has 5 nitrogen and oxygen atoms in total. The van der Waals surface area contributed by atoms with Crippen LogP contribution >= 0.6 is 27.5 Å². The Bertz CT molecular complexity index is 891. The maximum absolute atomic E-state index is 13.1. The van der Waals surface area contributed by atoms with Crippen LogP contribution in [-0.2, 0) is 0 Å². The Morgan fingerprint density at radius 1 is 1.10 bits per heavy atom. The lowest BCUT2D eigenvalue weighted by atomic mass is 9.91. The third kappa shape index (κ3) is 5.04. The lowest BCUT2D eigenvalue weighted by Crippen LogP contribution is -2.36. The quantitative estimate of drug-likeness (QED) is 0.492. The Hall–Kier alpha value is -1.79. The second kappa shape index (κ2) is 9.35. The standard InChI is InChI=1S/C22H26BrClN4O/c23-18-9-10-20-26-21(18)25-11-3-1-2-5-15-6-4-12-28(14-15)19-13-16(24)7-8-17(19)22(29)27-20/h7-10,13,15H,1-6,11-12,14H2,(H2,25,26,27,29)/t15-/m0/s1. The van der Waals surface area contributed by atoms with Crippen LogP contribution in [0.25, 0.3) is 0 Å². The van der Waals surface area contributed by atoms with Crippen molar-refractivity contribution in [2.24, 2.45) is 5.92 Å². The Balaban J connectivity index is 1.68. The molecule has 2 N–H and O–H groups in total. The smallest absolute Gasteiger partial charge is 0.258 e. The number of anilines is 3. The molecular formula is C22H26BrClN4O. The molecule has 0 saturated carbocycles. The molecule has 0 spiro atoms. The predicted molar refractivity (Wildman–Crippen MR) is 123 cm³/mol. The van der Waals surface area contributed by atoms with E-state index in [1.165, 1.54) is 25.7 Å². The monoisotopic (exact) mass is 476 g/mol. The molecule has 29 heavy (non-hydrogen) atoms. The van der Waals surface area contributed by atoms with Crippen LogP contribution in [-0.4, -0.2) is 30.5 Å². The SMILES string of the molecule is O=C1Nc2ccc(Br)c(n2)NCCCCC[C@H]2CCCN(C2)c2cc(Cl)ccc21. The third-order valence-corrected chi connectivity index (χ3v) is 6.61. The number of pyridine rings is 1. The Morgan fingerprint density at radius 3 is 2.86 bits per heavy atom. The molecule has 2 aromatic rings. The maximum atomic E-state index is 13.1. The first-order chi connectivity index (χ1) is 14.1. The highest BCUT2D eigenvalue weighted by Crippen LogP contribution is 2.32. The number of carbonyl (C=O) groups is 1. The van der Waals surface area contributed by atoms with E-state index in [1.54, 1.807) is 6.07 Å². The van der Waals surface area contributed by atoms with Gasteiger partial charge in [-0.25, -0.2) is 4.98 Å². The zero-order valence-electron chi connectivity index (χ0n) is 16.4. The lowest BCUT2D eigenvalue weighted by molar-refractivity contribution is 0.102. The van der Waals surface area contributed by atoms with Gasteiger partial charge in [-0.05, 0) is 77.9 Å². The van der Waals surface area contributed by atoms with Gasteiger partial charge in [0.1, 0.15) is 11.6 Å². The fraction of sp³-hybridized carbons (Fsp3) is 0.455. The molecule has 1 aromatic heterocycles. The fourth-order valence-electron chi connectivity index (χ4n) is 4.24. The summed E-state index contributed by atoms with van der Waals surface area (Å²) in [6.45, 7) is 2.82. The molecule has 2 aliphatic rings. The van der Waals surface area contributed by atoms with Crippen LogP contribution in [0.1, 0.15) is 48.9 Å². The summed E-state index contributed by atoms with van der Waals surface area (Å²) >= 11 is 9.84. The summed E-state index contributed by atoms with van der Waals surface area (Å²) in [6.07, 6.45) is 7.20. The molecule has 0 unspecified atom stereocenters. The van der Waals surface area contributed by atoms with Gasteiger partial charge in [0.2, 0.25) is 0 Å². The van der Waals surface area contributed by atoms with Crippen molar-refractivity contribution in [1.29, 1.82) is 0 Å². The minimum absolute atomic E-state index is 0.161. The highest BCUT2D eigenvalue weighted by Gasteiger charge is 2.24. The van der Waals surface area contributed by atoms with E-state index in [4.69, 9.17) is 11.6 Å². The van der Waals surface area contributed by atoms with Gasteiger partial charge in [0.25, 0.3) is 5.91 Å². The second-order valence-corrected chi connectivity index (χ2v) is 9.16. The van der Waals surface area contributed by atoms with Crippen molar-refractivity contribution in [3.63, 3.8) is 0 Å². The molecule has 1 amide bonds. The molecule has 0 radical (unpaired) electrons. The van der Waals surface area contributed by atoms with Gasteiger partial charge in [-0.3, -0.25) is 4.79 Å². The van der Waals surface area contributed by atoms with Crippen LogP contribution in [0.3, 0.4) is 0 Å². The number of nitrogens with zero attached hydrogens (tertiary/aromatic N) is 2. The van der Waals surface area contributed by atoms with Crippen molar-refractivity contribution in [3.8, 4) is 0 Å². The van der Waals surface area contributed by atoms with E-state index in [0.29, 0.717) is 22.3 Å². The zero-order chi connectivity index (χ0) is 20.2. The molecule has 0 aliphatic carbocycles. The summed E-state index contributed by atoms with van der Waals surface area (Å²) in [6, 6.07) is 9.23. The van der Waals surface area contributed by atoms with Crippen LogP contribution in [0.5, 0.6) is 0 Å². The van der Waals surface area contributed by atoms with Gasteiger partial charge in [-0.15, -0.1) is 0 Å². The summed E-state index contributed by atoms with van der Waals surface area (Å²) in [5, 5.41) is 7.00. The number of amides is 1. The second-order valence-electron chi connectivity index (χ2n) is 7.87. The summed E-state index contributed by atoms with van der Waals surface area (Å²) in [5.41, 5.74) is 1.56. The summed E-state index contributed by atoms with van der Waals surface area (Å²) in [7, 11) is 0. The van der Waals surface area contributed by atoms with Crippen molar-refractivity contribution in [2.45, 2.75) is 38.5 Å². The molecule has 154 valence electrons. The van der Waals surface area contributed by atoms with Gasteiger partial charge in [0.05, 0.1) is 15.7 Å². The molecule has 3 heterocycles. The van der Waals surface area contributed by atoms with E-state index in [9.17, 15) is 4.79 Å². The zero-order valence-corrected chi connectivity index (χ0v) is 18.7. The fourth-order valence-corrected chi connectivity index (χ4v) is 4.77. The number of nitrogens with one attached hydrogen (secondary N) is 2.